The molecule has 7 heteroatoms. The van der Waals surface area contributed by atoms with Crippen LogP contribution in [0.4, 0.5) is 0 Å². The molecule has 0 heterocycles. The Morgan fingerprint density at radius 3 is 2.50 bits per heavy atom. The van der Waals surface area contributed by atoms with Crippen molar-refractivity contribution in [2.24, 2.45) is 11.5 Å². The largest absolute Gasteiger partial charge is 0.376 e. The fraction of sp³-hybridized carbons (Fsp3) is 0.818. The van der Waals surface area contributed by atoms with Gasteiger partial charge in [-0.1, -0.05) is 12.8 Å². The van der Waals surface area contributed by atoms with Gasteiger partial charge in [0.1, 0.15) is 0 Å². The molecule has 0 bridgehead atoms. The van der Waals surface area contributed by atoms with E-state index in [1.54, 1.807) is 0 Å². The minimum absolute atomic E-state index is 0. The zero-order valence-electron chi connectivity index (χ0n) is 10.4. The number of hydrogen-bond acceptors (Lipinski definition) is 4. The van der Waals surface area contributed by atoms with Crippen molar-refractivity contribution in [1.82, 2.24) is 5.32 Å². The Hall–Kier alpha value is -0.850. The minimum Gasteiger partial charge on any atom is -0.376 e. The highest BCUT2D eigenvalue weighted by Gasteiger charge is 2.17. The maximum Gasteiger partial charge on any atom is 0.237 e. The molecule has 0 spiro atoms. The van der Waals surface area contributed by atoms with E-state index in [1.165, 1.54) is 12.8 Å². The molecule has 1 rings (SSSR count). The monoisotopic (exact) mass is 279 g/mol. The van der Waals surface area contributed by atoms with E-state index >= 15 is 0 Å². The smallest absolute Gasteiger partial charge is 0.237 e. The van der Waals surface area contributed by atoms with E-state index in [-0.39, 0.29) is 24.7 Å². The lowest BCUT2D eigenvalue weighted by Crippen LogP contribution is -2.44. The number of nitrogens with one attached hydrogen (secondary N) is 1. The first-order valence-electron chi connectivity index (χ1n) is 6.03. The summed E-state index contributed by atoms with van der Waals surface area (Å²) in [5, 5.41) is 2.62. The van der Waals surface area contributed by atoms with E-state index < -0.39 is 11.9 Å². The molecule has 0 aliphatic heterocycles. The Balaban J connectivity index is 0.00000289. The van der Waals surface area contributed by atoms with Crippen molar-refractivity contribution in [3.63, 3.8) is 0 Å². The number of nitrogens with two attached hydrogens (primary N) is 2. The van der Waals surface area contributed by atoms with E-state index in [9.17, 15) is 9.59 Å². The van der Waals surface area contributed by atoms with Gasteiger partial charge in [0.25, 0.3) is 0 Å². The van der Waals surface area contributed by atoms with Crippen LogP contribution in [0.15, 0.2) is 0 Å². The molecular formula is C11H22ClN3O3. The second-order valence-electron chi connectivity index (χ2n) is 4.35. The van der Waals surface area contributed by atoms with Gasteiger partial charge in [0.05, 0.1) is 25.2 Å². The SMILES string of the molecule is Cl.NC(=O)CC(N)C(=O)NCCOC1CCCC1. The summed E-state index contributed by atoms with van der Waals surface area (Å²) < 4.78 is 5.57. The minimum atomic E-state index is -0.862. The number of hydrogen-bond donors (Lipinski definition) is 3. The molecule has 1 aliphatic rings. The molecule has 0 aromatic carbocycles. The third-order valence-corrected chi connectivity index (χ3v) is 2.81. The van der Waals surface area contributed by atoms with Gasteiger partial charge in [-0.15, -0.1) is 12.4 Å². The van der Waals surface area contributed by atoms with Crippen LogP contribution >= 0.6 is 12.4 Å². The molecule has 1 atom stereocenters. The Labute approximate surface area is 113 Å². The van der Waals surface area contributed by atoms with Crippen LogP contribution in [0.1, 0.15) is 32.1 Å². The van der Waals surface area contributed by atoms with Gasteiger partial charge in [-0.25, -0.2) is 0 Å². The molecule has 1 saturated carbocycles. The Bertz CT molecular complexity index is 270. The summed E-state index contributed by atoms with van der Waals surface area (Å²) in [6.07, 6.45) is 4.87. The lowest BCUT2D eigenvalue weighted by atomic mass is 10.2. The van der Waals surface area contributed by atoms with Gasteiger partial charge >= 0.3 is 0 Å². The second-order valence-corrected chi connectivity index (χ2v) is 4.35. The van der Waals surface area contributed by atoms with Gasteiger partial charge in [-0.2, -0.15) is 0 Å². The Kier molecular flexibility index (Phi) is 8.70. The van der Waals surface area contributed by atoms with Gasteiger partial charge in [0, 0.05) is 6.54 Å². The molecule has 1 fully saturated rings. The van der Waals surface area contributed by atoms with E-state index in [1.807, 2.05) is 0 Å². The highest BCUT2D eigenvalue weighted by atomic mass is 35.5. The molecule has 18 heavy (non-hydrogen) atoms. The van der Waals surface area contributed by atoms with Gasteiger partial charge in [0.2, 0.25) is 11.8 Å². The molecule has 0 aromatic heterocycles. The number of halogens is 1. The third-order valence-electron chi connectivity index (χ3n) is 2.81. The highest BCUT2D eigenvalue weighted by molar-refractivity contribution is 5.87. The predicted molar refractivity (Wildman–Crippen MR) is 70.3 cm³/mol. The fourth-order valence-electron chi connectivity index (χ4n) is 1.90. The van der Waals surface area contributed by atoms with Crippen molar-refractivity contribution in [3.8, 4) is 0 Å². The average molecular weight is 280 g/mol. The quantitative estimate of drug-likeness (QED) is 0.555. The summed E-state index contributed by atoms with van der Waals surface area (Å²) in [5.41, 5.74) is 10.4. The van der Waals surface area contributed by atoms with Gasteiger partial charge in [-0.3, -0.25) is 9.59 Å². The zero-order chi connectivity index (χ0) is 12.7. The summed E-state index contributed by atoms with van der Waals surface area (Å²) in [7, 11) is 0. The van der Waals surface area contributed by atoms with Gasteiger partial charge in [0.15, 0.2) is 0 Å². The zero-order valence-corrected chi connectivity index (χ0v) is 11.2. The van der Waals surface area contributed by atoms with Crippen LogP contribution in [0.3, 0.4) is 0 Å². The lowest BCUT2D eigenvalue weighted by Gasteiger charge is -2.13. The van der Waals surface area contributed by atoms with Crippen molar-refractivity contribution < 1.29 is 14.3 Å². The first-order chi connectivity index (χ1) is 8.09. The molecule has 0 aromatic rings. The average Bonchev–Trinajstić information content (AvgIpc) is 2.75. The first kappa shape index (κ1) is 17.2. The standard InChI is InChI=1S/C11H21N3O3.ClH/c12-9(7-10(13)15)11(16)14-5-6-17-8-3-1-2-4-8;/h8-9H,1-7,12H2,(H2,13,15)(H,14,16);1H. The number of rotatable bonds is 7. The molecule has 106 valence electrons. The summed E-state index contributed by atoms with van der Waals surface area (Å²) in [6, 6.07) is -0.862. The first-order valence-corrected chi connectivity index (χ1v) is 6.03. The molecule has 1 unspecified atom stereocenters. The maximum absolute atomic E-state index is 11.4. The second kappa shape index (κ2) is 9.13. The Morgan fingerprint density at radius 2 is 1.94 bits per heavy atom. The number of amides is 2. The van der Waals surface area contributed by atoms with Crippen molar-refractivity contribution in [2.45, 2.75) is 44.2 Å². The van der Waals surface area contributed by atoms with Crippen molar-refractivity contribution in [1.29, 1.82) is 0 Å². The van der Waals surface area contributed by atoms with Crippen LogP contribution in [-0.2, 0) is 14.3 Å². The van der Waals surface area contributed by atoms with Crippen LogP contribution in [-0.4, -0.2) is 37.1 Å². The Morgan fingerprint density at radius 1 is 1.33 bits per heavy atom. The van der Waals surface area contributed by atoms with Crippen molar-refractivity contribution in [3.05, 3.63) is 0 Å². The van der Waals surface area contributed by atoms with E-state index in [2.05, 4.69) is 5.32 Å². The normalized spacial score (nSPS) is 16.9. The number of carbonyl (C=O) groups excluding carboxylic acids is 2. The topological polar surface area (TPSA) is 107 Å². The van der Waals surface area contributed by atoms with E-state index in [4.69, 9.17) is 16.2 Å². The summed E-state index contributed by atoms with van der Waals surface area (Å²) in [6.45, 7) is 0.904. The summed E-state index contributed by atoms with van der Waals surface area (Å²) >= 11 is 0. The summed E-state index contributed by atoms with van der Waals surface area (Å²) in [5.74, 6) is -0.936. The molecular weight excluding hydrogens is 258 g/mol. The van der Waals surface area contributed by atoms with Crippen LogP contribution in [0.25, 0.3) is 0 Å². The molecule has 0 radical (unpaired) electrons. The lowest BCUT2D eigenvalue weighted by molar-refractivity contribution is -0.126. The predicted octanol–water partition coefficient (Wildman–Crippen LogP) is -0.314. The summed E-state index contributed by atoms with van der Waals surface area (Å²) in [4.78, 5) is 21.9. The number of ether oxygens (including phenoxy) is 1. The molecule has 2 amide bonds. The van der Waals surface area contributed by atoms with E-state index in [0.29, 0.717) is 19.3 Å². The van der Waals surface area contributed by atoms with E-state index in [0.717, 1.165) is 12.8 Å². The fourth-order valence-corrected chi connectivity index (χ4v) is 1.90. The molecule has 1 aliphatic carbocycles. The van der Waals surface area contributed by atoms with Crippen LogP contribution in [0.5, 0.6) is 0 Å². The van der Waals surface area contributed by atoms with Crippen LogP contribution in [0.2, 0.25) is 0 Å². The van der Waals surface area contributed by atoms with Crippen LogP contribution < -0.4 is 16.8 Å². The highest BCUT2D eigenvalue weighted by Crippen LogP contribution is 2.20. The number of carbonyl (C=O) groups is 2. The molecule has 5 N–H and O–H groups in total. The van der Waals surface area contributed by atoms with Crippen LogP contribution in [0, 0.1) is 0 Å². The maximum atomic E-state index is 11.4. The van der Waals surface area contributed by atoms with Crippen molar-refractivity contribution >= 4 is 24.2 Å². The molecule has 6 nitrogen and oxygen atoms in total. The molecule has 0 saturated heterocycles. The van der Waals surface area contributed by atoms with Gasteiger partial charge in [-0.05, 0) is 12.8 Å². The number of primary amides is 1. The third kappa shape index (κ3) is 6.78. The van der Waals surface area contributed by atoms with Crippen molar-refractivity contribution in [2.75, 3.05) is 13.2 Å². The van der Waals surface area contributed by atoms with Gasteiger partial charge < -0.3 is 21.5 Å².